The molecule has 15 heavy (non-hydrogen) atoms. The van der Waals surface area contributed by atoms with Crippen molar-refractivity contribution in [2.75, 3.05) is 13.3 Å². The van der Waals surface area contributed by atoms with Gasteiger partial charge < -0.3 is 20.3 Å². The van der Waals surface area contributed by atoms with Gasteiger partial charge in [0.05, 0.1) is 0 Å². The van der Waals surface area contributed by atoms with Crippen molar-refractivity contribution < 1.29 is 14.6 Å². The zero-order valence-corrected chi connectivity index (χ0v) is 8.53. The van der Waals surface area contributed by atoms with E-state index in [1.807, 2.05) is 12.1 Å². The highest BCUT2D eigenvalue weighted by Crippen LogP contribution is 2.42. The van der Waals surface area contributed by atoms with Gasteiger partial charge in [-0.1, -0.05) is 6.07 Å². The number of benzene rings is 1. The SMILES string of the molecule is NCCCCc1ccc2c(c1O)OCO2. The molecule has 0 amide bonds. The number of nitrogens with two attached hydrogens (primary N) is 1. The minimum atomic E-state index is 0.190. The number of aromatic hydroxyl groups is 1. The number of phenolic OH excluding ortho intramolecular Hbond substituents is 1. The summed E-state index contributed by atoms with van der Waals surface area (Å²) in [6, 6.07) is 3.71. The summed E-state index contributed by atoms with van der Waals surface area (Å²) in [4.78, 5) is 0. The first-order chi connectivity index (χ1) is 7.33. The van der Waals surface area contributed by atoms with Gasteiger partial charge in [0, 0.05) is 0 Å². The Kier molecular flexibility index (Phi) is 2.97. The third-order valence-electron chi connectivity index (χ3n) is 2.50. The van der Waals surface area contributed by atoms with Gasteiger partial charge in [0.15, 0.2) is 11.5 Å². The number of hydrogen-bond donors (Lipinski definition) is 2. The summed E-state index contributed by atoms with van der Waals surface area (Å²) in [5.41, 5.74) is 6.31. The molecule has 3 N–H and O–H groups in total. The van der Waals surface area contributed by atoms with Crippen molar-refractivity contribution in [3.8, 4) is 17.2 Å². The third-order valence-corrected chi connectivity index (χ3v) is 2.50. The average Bonchev–Trinajstić information content (AvgIpc) is 2.70. The molecule has 0 radical (unpaired) electrons. The van der Waals surface area contributed by atoms with Crippen LogP contribution in [0.4, 0.5) is 0 Å². The van der Waals surface area contributed by atoms with Crippen LogP contribution in [0.2, 0.25) is 0 Å². The molecule has 0 fully saturated rings. The molecular formula is C11H15NO3. The van der Waals surface area contributed by atoms with E-state index in [0.717, 1.165) is 24.8 Å². The molecular weight excluding hydrogens is 194 g/mol. The Bertz CT molecular complexity index is 352. The second-order valence-corrected chi connectivity index (χ2v) is 3.55. The van der Waals surface area contributed by atoms with Crippen molar-refractivity contribution in [1.82, 2.24) is 0 Å². The maximum Gasteiger partial charge on any atom is 0.231 e. The Morgan fingerprint density at radius 3 is 2.93 bits per heavy atom. The van der Waals surface area contributed by atoms with Crippen molar-refractivity contribution >= 4 is 0 Å². The van der Waals surface area contributed by atoms with Gasteiger partial charge in [-0.3, -0.25) is 0 Å². The first-order valence-electron chi connectivity index (χ1n) is 5.13. The Morgan fingerprint density at radius 2 is 2.13 bits per heavy atom. The van der Waals surface area contributed by atoms with Crippen LogP contribution in [0.3, 0.4) is 0 Å². The average molecular weight is 209 g/mol. The summed E-state index contributed by atoms with van der Waals surface area (Å²) in [5.74, 6) is 1.30. The molecule has 0 spiro atoms. The van der Waals surface area contributed by atoms with Crippen molar-refractivity contribution in [2.24, 2.45) is 5.73 Å². The van der Waals surface area contributed by atoms with Gasteiger partial charge in [-0.2, -0.15) is 0 Å². The molecule has 82 valence electrons. The Morgan fingerprint density at radius 1 is 1.27 bits per heavy atom. The summed E-state index contributed by atoms with van der Waals surface area (Å²) < 4.78 is 10.3. The number of hydrogen-bond acceptors (Lipinski definition) is 4. The van der Waals surface area contributed by atoms with Gasteiger partial charge in [-0.05, 0) is 37.4 Å². The lowest BCUT2D eigenvalue weighted by atomic mass is 10.1. The molecule has 1 aromatic rings. The normalized spacial score (nSPS) is 13.1. The van der Waals surface area contributed by atoms with Crippen LogP contribution in [0.25, 0.3) is 0 Å². The highest BCUT2D eigenvalue weighted by molar-refractivity contribution is 5.56. The van der Waals surface area contributed by atoms with E-state index >= 15 is 0 Å². The molecule has 0 aromatic heterocycles. The summed E-state index contributed by atoms with van der Waals surface area (Å²) in [7, 11) is 0. The van der Waals surface area contributed by atoms with Gasteiger partial charge in [-0.15, -0.1) is 0 Å². The van der Waals surface area contributed by atoms with Gasteiger partial charge in [0.1, 0.15) is 0 Å². The minimum absolute atomic E-state index is 0.190. The lowest BCUT2D eigenvalue weighted by Crippen LogP contribution is -1.99. The van der Waals surface area contributed by atoms with E-state index in [0.29, 0.717) is 18.0 Å². The maximum absolute atomic E-state index is 9.87. The quantitative estimate of drug-likeness (QED) is 0.736. The van der Waals surface area contributed by atoms with E-state index in [9.17, 15) is 5.11 Å². The summed E-state index contributed by atoms with van der Waals surface area (Å²) in [5, 5.41) is 9.87. The van der Waals surface area contributed by atoms with Gasteiger partial charge in [0.2, 0.25) is 12.5 Å². The van der Waals surface area contributed by atoms with Gasteiger partial charge >= 0.3 is 0 Å². The molecule has 4 heteroatoms. The molecule has 2 rings (SSSR count). The molecule has 0 saturated carbocycles. The van der Waals surface area contributed by atoms with Crippen molar-refractivity contribution in [2.45, 2.75) is 19.3 Å². The fourth-order valence-corrected chi connectivity index (χ4v) is 1.66. The highest BCUT2D eigenvalue weighted by Gasteiger charge is 2.19. The van der Waals surface area contributed by atoms with Crippen LogP contribution in [-0.2, 0) is 6.42 Å². The van der Waals surface area contributed by atoms with Crippen LogP contribution in [0.1, 0.15) is 18.4 Å². The minimum Gasteiger partial charge on any atom is -0.504 e. The van der Waals surface area contributed by atoms with E-state index in [1.165, 1.54) is 0 Å². The molecule has 1 heterocycles. The van der Waals surface area contributed by atoms with Crippen LogP contribution in [0, 0.1) is 0 Å². The van der Waals surface area contributed by atoms with Crippen LogP contribution < -0.4 is 15.2 Å². The molecule has 0 unspecified atom stereocenters. The third kappa shape index (κ3) is 1.99. The van der Waals surface area contributed by atoms with Crippen LogP contribution in [-0.4, -0.2) is 18.4 Å². The topological polar surface area (TPSA) is 64.7 Å². The second kappa shape index (κ2) is 4.40. The molecule has 0 atom stereocenters. The van der Waals surface area contributed by atoms with E-state index in [2.05, 4.69) is 0 Å². The fraction of sp³-hybridized carbons (Fsp3) is 0.455. The number of aryl methyl sites for hydroxylation is 1. The zero-order chi connectivity index (χ0) is 10.7. The monoisotopic (exact) mass is 209 g/mol. The van der Waals surface area contributed by atoms with Crippen molar-refractivity contribution in [3.63, 3.8) is 0 Å². The maximum atomic E-state index is 9.87. The zero-order valence-electron chi connectivity index (χ0n) is 8.53. The first kappa shape index (κ1) is 10.1. The molecule has 1 aromatic carbocycles. The first-order valence-corrected chi connectivity index (χ1v) is 5.13. The largest absolute Gasteiger partial charge is 0.504 e. The molecule has 1 aliphatic heterocycles. The van der Waals surface area contributed by atoms with Crippen molar-refractivity contribution in [1.29, 1.82) is 0 Å². The van der Waals surface area contributed by atoms with Crippen molar-refractivity contribution in [3.05, 3.63) is 17.7 Å². The lowest BCUT2D eigenvalue weighted by Gasteiger charge is -2.06. The Labute approximate surface area is 88.6 Å². The number of ether oxygens (including phenoxy) is 2. The number of unbranched alkanes of at least 4 members (excludes halogenated alkanes) is 1. The molecule has 4 nitrogen and oxygen atoms in total. The fourth-order valence-electron chi connectivity index (χ4n) is 1.66. The number of phenols is 1. The summed E-state index contributed by atoms with van der Waals surface area (Å²) >= 11 is 0. The van der Waals surface area contributed by atoms with E-state index < -0.39 is 0 Å². The Balaban J connectivity index is 2.12. The smallest absolute Gasteiger partial charge is 0.231 e. The Hall–Kier alpha value is -1.42. The van der Waals surface area contributed by atoms with E-state index in [1.54, 1.807) is 0 Å². The second-order valence-electron chi connectivity index (χ2n) is 3.55. The number of fused-ring (bicyclic) bond motifs is 1. The molecule has 0 bridgehead atoms. The van der Waals surface area contributed by atoms with Crippen LogP contribution in [0.5, 0.6) is 17.2 Å². The van der Waals surface area contributed by atoms with E-state index in [-0.39, 0.29) is 12.5 Å². The predicted molar refractivity (Wildman–Crippen MR) is 56.2 cm³/mol. The standard InChI is InChI=1S/C11H15NO3/c12-6-2-1-3-8-4-5-9-11(10(8)13)15-7-14-9/h4-5,13H,1-3,6-7,12H2. The summed E-state index contributed by atoms with van der Waals surface area (Å²) in [6.07, 6.45) is 2.76. The molecule has 0 aliphatic carbocycles. The van der Waals surface area contributed by atoms with Gasteiger partial charge in [0.25, 0.3) is 0 Å². The predicted octanol–water partition coefficient (Wildman–Crippen LogP) is 1.40. The van der Waals surface area contributed by atoms with E-state index in [4.69, 9.17) is 15.2 Å². The van der Waals surface area contributed by atoms with Crippen LogP contribution >= 0.6 is 0 Å². The molecule has 1 aliphatic rings. The lowest BCUT2D eigenvalue weighted by molar-refractivity contribution is 0.171. The number of rotatable bonds is 4. The van der Waals surface area contributed by atoms with Crippen LogP contribution in [0.15, 0.2) is 12.1 Å². The molecule has 0 saturated heterocycles. The van der Waals surface area contributed by atoms with Gasteiger partial charge in [-0.25, -0.2) is 0 Å². The highest BCUT2D eigenvalue weighted by atomic mass is 16.7. The summed E-state index contributed by atoms with van der Waals surface area (Å²) in [6.45, 7) is 0.875.